The van der Waals surface area contributed by atoms with Crippen molar-refractivity contribution < 1.29 is 14.4 Å². The quantitative estimate of drug-likeness (QED) is 0.674. The van der Waals surface area contributed by atoms with E-state index >= 15 is 0 Å². The van der Waals surface area contributed by atoms with Crippen LogP contribution in [-0.4, -0.2) is 45.7 Å². The van der Waals surface area contributed by atoms with E-state index in [0.717, 1.165) is 36.1 Å². The number of hydrogen-bond donors (Lipinski definition) is 2. The molecule has 0 unspecified atom stereocenters. The molecule has 0 spiro atoms. The highest BCUT2D eigenvalue weighted by Gasteiger charge is 2.29. The third kappa shape index (κ3) is 3.18. The van der Waals surface area contributed by atoms with E-state index in [1.165, 1.54) is 6.07 Å². The van der Waals surface area contributed by atoms with Gasteiger partial charge in [-0.3, -0.25) is 19.7 Å². The van der Waals surface area contributed by atoms with Gasteiger partial charge in [-0.2, -0.15) is 0 Å². The lowest BCUT2D eigenvalue weighted by molar-refractivity contribution is 0.0689. The van der Waals surface area contributed by atoms with Crippen LogP contribution in [0.25, 0.3) is 11.0 Å². The zero-order chi connectivity index (χ0) is 20.0. The molecule has 3 amide bonds. The van der Waals surface area contributed by atoms with Gasteiger partial charge >= 0.3 is 0 Å². The number of nitrogens with one attached hydrogen (secondary N) is 2. The molecule has 7 nitrogen and oxygen atoms in total. The molecule has 146 valence electrons. The van der Waals surface area contributed by atoms with E-state index in [4.69, 9.17) is 0 Å². The number of likely N-dealkylation sites (tertiary alicyclic amines) is 1. The van der Waals surface area contributed by atoms with Gasteiger partial charge in [-0.15, -0.1) is 0 Å². The van der Waals surface area contributed by atoms with E-state index in [0.29, 0.717) is 30.1 Å². The molecule has 2 aromatic carbocycles. The number of carbonyl (C=O) groups excluding carboxylic acids is 3. The van der Waals surface area contributed by atoms with Crippen molar-refractivity contribution >= 4 is 28.8 Å². The number of nitrogens with zero attached hydrogens (tertiary/aromatic N) is 2. The fourth-order valence-electron chi connectivity index (χ4n) is 4.20. The summed E-state index contributed by atoms with van der Waals surface area (Å²) in [5.74, 6) is 0.523. The lowest BCUT2D eigenvalue weighted by Crippen LogP contribution is -2.39. The number of aromatic amines is 1. The van der Waals surface area contributed by atoms with Crippen LogP contribution in [-0.2, 0) is 6.42 Å². The maximum atomic E-state index is 12.9. The minimum Gasteiger partial charge on any atom is -0.342 e. The van der Waals surface area contributed by atoms with Crippen LogP contribution in [0.4, 0.5) is 0 Å². The first-order chi connectivity index (χ1) is 14.1. The summed E-state index contributed by atoms with van der Waals surface area (Å²) in [5, 5.41) is 2.25. The van der Waals surface area contributed by atoms with Gasteiger partial charge in [0.2, 0.25) is 0 Å². The SMILES string of the molecule is O=C1NC(=O)c2cc(C(=O)N3CCC(Cc4nc5ccccc5[nH]4)CC3)ccc21. The first-order valence-electron chi connectivity index (χ1n) is 9.81. The van der Waals surface area contributed by atoms with E-state index < -0.39 is 11.8 Å². The van der Waals surface area contributed by atoms with E-state index in [-0.39, 0.29) is 11.5 Å². The first-order valence-corrected chi connectivity index (χ1v) is 9.81. The van der Waals surface area contributed by atoms with Gasteiger partial charge in [0.1, 0.15) is 5.82 Å². The van der Waals surface area contributed by atoms with Crippen LogP contribution in [0.15, 0.2) is 42.5 Å². The number of amides is 3. The molecule has 29 heavy (non-hydrogen) atoms. The van der Waals surface area contributed by atoms with Gasteiger partial charge in [0.05, 0.1) is 22.2 Å². The molecule has 7 heteroatoms. The average molecular weight is 388 g/mol. The third-order valence-electron chi connectivity index (χ3n) is 5.81. The largest absolute Gasteiger partial charge is 0.342 e. The van der Waals surface area contributed by atoms with E-state index in [1.54, 1.807) is 12.1 Å². The molecular formula is C22H20N4O3. The van der Waals surface area contributed by atoms with Crippen molar-refractivity contribution in [3.8, 4) is 0 Å². The molecular weight excluding hydrogens is 368 g/mol. The Hall–Kier alpha value is -3.48. The summed E-state index contributed by atoms with van der Waals surface area (Å²) >= 11 is 0. The number of carbonyl (C=O) groups is 3. The molecule has 1 fully saturated rings. The number of benzene rings is 2. The van der Waals surface area contributed by atoms with Crippen molar-refractivity contribution in [2.45, 2.75) is 19.3 Å². The number of piperidine rings is 1. The van der Waals surface area contributed by atoms with Gasteiger partial charge in [0, 0.05) is 25.1 Å². The predicted molar refractivity (Wildman–Crippen MR) is 107 cm³/mol. The second-order valence-corrected chi connectivity index (χ2v) is 7.68. The number of H-pyrrole nitrogens is 1. The van der Waals surface area contributed by atoms with Gasteiger partial charge in [-0.1, -0.05) is 12.1 Å². The van der Waals surface area contributed by atoms with Gasteiger partial charge in [-0.25, -0.2) is 4.98 Å². The zero-order valence-corrected chi connectivity index (χ0v) is 15.8. The monoisotopic (exact) mass is 388 g/mol. The number of aromatic nitrogens is 2. The fraction of sp³-hybridized carbons (Fsp3) is 0.273. The summed E-state index contributed by atoms with van der Waals surface area (Å²) in [4.78, 5) is 46.2. The molecule has 0 atom stereocenters. The zero-order valence-electron chi connectivity index (χ0n) is 15.8. The molecule has 3 aromatic rings. The highest BCUT2D eigenvalue weighted by molar-refractivity contribution is 6.22. The summed E-state index contributed by atoms with van der Waals surface area (Å²) in [7, 11) is 0. The van der Waals surface area contributed by atoms with Crippen LogP contribution in [0.3, 0.4) is 0 Å². The maximum absolute atomic E-state index is 12.9. The van der Waals surface area contributed by atoms with E-state index in [2.05, 4.69) is 15.3 Å². The van der Waals surface area contributed by atoms with Crippen LogP contribution in [0, 0.1) is 5.92 Å². The molecule has 1 saturated heterocycles. The van der Waals surface area contributed by atoms with Crippen molar-refractivity contribution in [3.05, 3.63) is 65.0 Å². The second-order valence-electron chi connectivity index (χ2n) is 7.68. The number of fused-ring (bicyclic) bond motifs is 2. The van der Waals surface area contributed by atoms with Crippen LogP contribution in [0.5, 0.6) is 0 Å². The van der Waals surface area contributed by atoms with Crippen molar-refractivity contribution in [1.82, 2.24) is 20.2 Å². The highest BCUT2D eigenvalue weighted by Crippen LogP contribution is 2.24. The molecule has 3 heterocycles. The van der Waals surface area contributed by atoms with Crippen molar-refractivity contribution in [3.63, 3.8) is 0 Å². The lowest BCUT2D eigenvalue weighted by atomic mass is 9.92. The maximum Gasteiger partial charge on any atom is 0.258 e. The molecule has 0 aliphatic carbocycles. The lowest BCUT2D eigenvalue weighted by Gasteiger charge is -2.31. The summed E-state index contributed by atoms with van der Waals surface area (Å²) in [6.07, 6.45) is 2.69. The number of imidazole rings is 1. The minimum atomic E-state index is -0.441. The molecule has 0 bridgehead atoms. The highest BCUT2D eigenvalue weighted by atomic mass is 16.2. The van der Waals surface area contributed by atoms with Crippen LogP contribution in [0.2, 0.25) is 0 Å². The Morgan fingerprint density at radius 1 is 1.03 bits per heavy atom. The molecule has 2 aliphatic rings. The standard InChI is InChI=1S/C22H20N4O3/c27-20-15-6-5-14(12-16(15)21(28)25-20)22(29)26-9-7-13(8-10-26)11-19-23-17-3-1-2-4-18(17)24-19/h1-6,12-13H,7-11H2,(H,23,24)(H,25,27,28). The Balaban J connectivity index is 1.23. The minimum absolute atomic E-state index is 0.0952. The molecule has 0 saturated carbocycles. The summed E-state index contributed by atoms with van der Waals surface area (Å²) in [6.45, 7) is 1.35. The third-order valence-corrected chi connectivity index (χ3v) is 5.81. The smallest absolute Gasteiger partial charge is 0.258 e. The molecule has 5 rings (SSSR count). The Morgan fingerprint density at radius 2 is 1.79 bits per heavy atom. The number of imide groups is 1. The molecule has 0 radical (unpaired) electrons. The molecule has 2 aliphatic heterocycles. The Labute approximate surface area is 167 Å². The van der Waals surface area contributed by atoms with E-state index in [9.17, 15) is 14.4 Å². The average Bonchev–Trinajstić information content (AvgIpc) is 3.27. The van der Waals surface area contributed by atoms with E-state index in [1.807, 2.05) is 29.2 Å². The van der Waals surface area contributed by atoms with Crippen LogP contribution >= 0.6 is 0 Å². The van der Waals surface area contributed by atoms with Crippen molar-refractivity contribution in [1.29, 1.82) is 0 Å². The number of rotatable bonds is 3. The van der Waals surface area contributed by atoms with Crippen molar-refractivity contribution in [2.24, 2.45) is 5.92 Å². The summed E-state index contributed by atoms with van der Waals surface area (Å²) in [6, 6.07) is 12.7. The molecule has 2 N–H and O–H groups in total. The molecule has 1 aromatic heterocycles. The topological polar surface area (TPSA) is 95.2 Å². The van der Waals surface area contributed by atoms with Crippen molar-refractivity contribution in [2.75, 3.05) is 13.1 Å². The summed E-state index contributed by atoms with van der Waals surface area (Å²) in [5.41, 5.74) is 3.09. The Kier molecular flexibility index (Phi) is 4.16. The van der Waals surface area contributed by atoms with Gasteiger partial charge in [0.15, 0.2) is 0 Å². The Bertz CT molecular complexity index is 1110. The number of hydrogen-bond acceptors (Lipinski definition) is 4. The fourth-order valence-corrected chi connectivity index (χ4v) is 4.20. The van der Waals surface area contributed by atoms with Gasteiger partial charge in [-0.05, 0) is 49.1 Å². The number of para-hydroxylation sites is 2. The summed E-state index contributed by atoms with van der Waals surface area (Å²) < 4.78 is 0. The van der Waals surface area contributed by atoms with Crippen LogP contribution in [0.1, 0.15) is 49.7 Å². The van der Waals surface area contributed by atoms with Crippen LogP contribution < -0.4 is 5.32 Å². The second kappa shape index (κ2) is 6.84. The van der Waals surface area contributed by atoms with Gasteiger partial charge in [0.25, 0.3) is 17.7 Å². The normalized spacial score (nSPS) is 16.9. The Morgan fingerprint density at radius 3 is 2.59 bits per heavy atom. The first kappa shape index (κ1) is 17.6. The van der Waals surface area contributed by atoms with Gasteiger partial charge < -0.3 is 9.88 Å². The predicted octanol–water partition coefficient (Wildman–Crippen LogP) is 2.54.